The van der Waals surface area contributed by atoms with Gasteiger partial charge in [0.1, 0.15) is 0 Å². The number of nitrogens with zero attached hydrogens (tertiary/aromatic N) is 3. The summed E-state index contributed by atoms with van der Waals surface area (Å²) in [5.41, 5.74) is 0.690. The summed E-state index contributed by atoms with van der Waals surface area (Å²) in [6, 6.07) is 3.55. The van der Waals surface area contributed by atoms with E-state index in [1.54, 1.807) is 12.3 Å². The monoisotopic (exact) mass is 304 g/mol. The Labute approximate surface area is 131 Å². The summed E-state index contributed by atoms with van der Waals surface area (Å²) in [5.74, 6) is 0.779. The van der Waals surface area contributed by atoms with Gasteiger partial charge in [0.15, 0.2) is 5.82 Å². The maximum Gasteiger partial charge on any atom is 0.226 e. The van der Waals surface area contributed by atoms with E-state index in [9.17, 15) is 9.59 Å². The Bertz CT molecular complexity index is 545. The summed E-state index contributed by atoms with van der Waals surface area (Å²) in [6.45, 7) is 2.68. The Hall–Kier alpha value is -2.11. The third kappa shape index (κ3) is 3.96. The predicted molar refractivity (Wildman–Crippen MR) is 86.8 cm³/mol. The molecule has 6 nitrogen and oxygen atoms in total. The average molecular weight is 304 g/mol. The van der Waals surface area contributed by atoms with Crippen LogP contribution in [-0.4, -0.2) is 48.4 Å². The van der Waals surface area contributed by atoms with Crippen molar-refractivity contribution in [3.05, 3.63) is 18.3 Å². The minimum atomic E-state index is -0.0954. The number of amides is 2. The van der Waals surface area contributed by atoms with Crippen molar-refractivity contribution in [3.8, 4) is 0 Å². The first-order chi connectivity index (χ1) is 10.5. The Morgan fingerprint density at radius 2 is 2.23 bits per heavy atom. The molecular weight excluding hydrogens is 280 g/mol. The Kier molecular flexibility index (Phi) is 5.35. The van der Waals surface area contributed by atoms with E-state index in [2.05, 4.69) is 10.3 Å². The molecule has 1 saturated heterocycles. The minimum Gasteiger partial charge on any atom is -0.361 e. The Balaban J connectivity index is 1.97. The van der Waals surface area contributed by atoms with E-state index >= 15 is 0 Å². The molecule has 22 heavy (non-hydrogen) atoms. The van der Waals surface area contributed by atoms with Gasteiger partial charge in [0.05, 0.1) is 5.69 Å². The van der Waals surface area contributed by atoms with Crippen LogP contribution in [0, 0.1) is 0 Å². The summed E-state index contributed by atoms with van der Waals surface area (Å²) in [6.07, 6.45) is 4.56. The second-order valence-electron chi connectivity index (χ2n) is 5.91. The van der Waals surface area contributed by atoms with Crippen molar-refractivity contribution in [2.75, 3.05) is 30.9 Å². The number of hydrogen-bond acceptors (Lipinski definition) is 4. The van der Waals surface area contributed by atoms with Crippen molar-refractivity contribution in [2.45, 2.75) is 38.6 Å². The van der Waals surface area contributed by atoms with Crippen LogP contribution in [0.5, 0.6) is 0 Å². The Morgan fingerprint density at radius 1 is 1.45 bits per heavy atom. The van der Waals surface area contributed by atoms with E-state index in [-0.39, 0.29) is 17.9 Å². The molecule has 1 fully saturated rings. The highest BCUT2D eigenvalue weighted by Gasteiger charge is 2.24. The van der Waals surface area contributed by atoms with Gasteiger partial charge in [-0.1, -0.05) is 0 Å². The van der Waals surface area contributed by atoms with Gasteiger partial charge in [-0.3, -0.25) is 9.59 Å². The normalized spacial score (nSPS) is 16.3. The zero-order chi connectivity index (χ0) is 16.1. The lowest BCUT2D eigenvalue weighted by molar-refractivity contribution is -0.136. The van der Waals surface area contributed by atoms with E-state index < -0.39 is 0 Å². The molecule has 2 rings (SSSR count). The summed E-state index contributed by atoms with van der Waals surface area (Å²) < 4.78 is 0. The van der Waals surface area contributed by atoms with Gasteiger partial charge in [-0.15, -0.1) is 0 Å². The molecular formula is C16H24N4O2. The number of nitrogens with one attached hydrogen (secondary N) is 1. The molecule has 6 heteroatoms. The number of carbonyl (C=O) groups is 2. The van der Waals surface area contributed by atoms with Crippen LogP contribution in [0.3, 0.4) is 0 Å². The van der Waals surface area contributed by atoms with Crippen LogP contribution in [0.4, 0.5) is 11.5 Å². The minimum absolute atomic E-state index is 0.0766. The highest BCUT2D eigenvalue weighted by molar-refractivity contribution is 5.94. The van der Waals surface area contributed by atoms with Crippen molar-refractivity contribution in [2.24, 2.45) is 0 Å². The van der Waals surface area contributed by atoms with Crippen LogP contribution in [0.2, 0.25) is 0 Å². The molecule has 0 saturated carbocycles. The van der Waals surface area contributed by atoms with E-state index in [1.165, 1.54) is 0 Å². The van der Waals surface area contributed by atoms with Crippen molar-refractivity contribution in [1.29, 1.82) is 0 Å². The van der Waals surface area contributed by atoms with Gasteiger partial charge in [-0.2, -0.15) is 0 Å². The number of rotatable bonds is 5. The zero-order valence-electron chi connectivity index (χ0n) is 13.5. The van der Waals surface area contributed by atoms with Crippen molar-refractivity contribution < 1.29 is 9.59 Å². The van der Waals surface area contributed by atoms with Crippen molar-refractivity contribution >= 4 is 23.3 Å². The number of piperidine rings is 1. The third-order valence-corrected chi connectivity index (χ3v) is 3.86. The first-order valence-corrected chi connectivity index (χ1v) is 7.70. The van der Waals surface area contributed by atoms with E-state index in [4.69, 9.17) is 0 Å². The molecule has 1 aromatic rings. The van der Waals surface area contributed by atoms with Crippen molar-refractivity contribution in [3.63, 3.8) is 0 Å². The van der Waals surface area contributed by atoms with Crippen LogP contribution in [0.1, 0.15) is 32.6 Å². The first-order valence-electron chi connectivity index (χ1n) is 7.70. The fraction of sp³-hybridized carbons (Fsp3) is 0.562. The highest BCUT2D eigenvalue weighted by atomic mass is 16.2. The molecule has 0 radical (unpaired) electrons. The molecule has 1 unspecified atom stereocenters. The maximum absolute atomic E-state index is 12.3. The molecule has 0 bridgehead atoms. The molecule has 0 aliphatic carbocycles. The van der Waals surface area contributed by atoms with Gasteiger partial charge < -0.3 is 15.1 Å². The van der Waals surface area contributed by atoms with Gasteiger partial charge in [-0.05, 0) is 31.9 Å². The van der Waals surface area contributed by atoms with Gasteiger partial charge in [0.25, 0.3) is 0 Å². The molecule has 120 valence electrons. The summed E-state index contributed by atoms with van der Waals surface area (Å²) in [7, 11) is 3.76. The maximum atomic E-state index is 12.3. The SMILES string of the molecule is CC(CC(=O)Nc1cccnc1N(C)C)N1CCCCC1=O. The van der Waals surface area contributed by atoms with Gasteiger partial charge in [-0.25, -0.2) is 4.98 Å². The van der Waals surface area contributed by atoms with Gasteiger partial charge in [0.2, 0.25) is 11.8 Å². The number of carbonyl (C=O) groups excluding carboxylic acids is 2. The smallest absolute Gasteiger partial charge is 0.226 e. The standard InChI is InChI=1S/C16H24N4O2/c1-12(20-10-5-4-8-15(20)22)11-14(21)18-13-7-6-9-17-16(13)19(2)3/h6-7,9,12H,4-5,8,10-11H2,1-3H3,(H,18,21). The summed E-state index contributed by atoms with van der Waals surface area (Å²) >= 11 is 0. The predicted octanol–water partition coefficient (Wildman–Crippen LogP) is 1.88. The number of pyridine rings is 1. The topological polar surface area (TPSA) is 65.5 Å². The van der Waals surface area contributed by atoms with Crippen LogP contribution in [0.25, 0.3) is 0 Å². The van der Waals surface area contributed by atoms with Crippen LogP contribution in [0.15, 0.2) is 18.3 Å². The van der Waals surface area contributed by atoms with Crippen LogP contribution in [-0.2, 0) is 9.59 Å². The van der Waals surface area contributed by atoms with E-state index in [1.807, 2.05) is 36.9 Å². The largest absolute Gasteiger partial charge is 0.361 e. The lowest BCUT2D eigenvalue weighted by atomic mass is 10.1. The second kappa shape index (κ2) is 7.24. The fourth-order valence-electron chi connectivity index (χ4n) is 2.72. The van der Waals surface area contributed by atoms with Crippen LogP contribution < -0.4 is 10.2 Å². The first kappa shape index (κ1) is 16.3. The quantitative estimate of drug-likeness (QED) is 0.902. The highest BCUT2D eigenvalue weighted by Crippen LogP contribution is 2.21. The van der Waals surface area contributed by atoms with E-state index in [0.717, 1.165) is 25.2 Å². The fourth-order valence-corrected chi connectivity index (χ4v) is 2.72. The second-order valence-corrected chi connectivity index (χ2v) is 5.91. The van der Waals surface area contributed by atoms with Crippen molar-refractivity contribution in [1.82, 2.24) is 9.88 Å². The average Bonchev–Trinajstić information content (AvgIpc) is 2.47. The molecule has 2 heterocycles. The number of aromatic nitrogens is 1. The van der Waals surface area contributed by atoms with Gasteiger partial charge >= 0.3 is 0 Å². The molecule has 1 aromatic heterocycles. The summed E-state index contributed by atoms with van der Waals surface area (Å²) in [5, 5.41) is 2.90. The van der Waals surface area contributed by atoms with Crippen LogP contribution >= 0.6 is 0 Å². The lowest BCUT2D eigenvalue weighted by Gasteiger charge is -2.32. The third-order valence-electron chi connectivity index (χ3n) is 3.86. The number of likely N-dealkylation sites (tertiary alicyclic amines) is 1. The zero-order valence-corrected chi connectivity index (χ0v) is 13.5. The molecule has 1 aliphatic heterocycles. The summed E-state index contributed by atoms with van der Waals surface area (Å²) in [4.78, 5) is 32.1. The molecule has 1 atom stereocenters. The Morgan fingerprint density at radius 3 is 2.91 bits per heavy atom. The molecule has 0 aromatic carbocycles. The number of anilines is 2. The number of hydrogen-bond donors (Lipinski definition) is 1. The lowest BCUT2D eigenvalue weighted by Crippen LogP contribution is -2.43. The molecule has 1 N–H and O–H groups in total. The van der Waals surface area contributed by atoms with E-state index in [0.29, 0.717) is 18.5 Å². The van der Waals surface area contributed by atoms with Gasteiger partial charge in [0, 0.05) is 45.7 Å². The molecule has 1 aliphatic rings. The molecule has 0 spiro atoms. The molecule has 2 amide bonds.